The molecule has 1 aromatic carbocycles. The molecule has 6 nitrogen and oxygen atoms in total. The van der Waals surface area contributed by atoms with Crippen LogP contribution in [0.25, 0.3) is 0 Å². The van der Waals surface area contributed by atoms with E-state index in [0.29, 0.717) is 5.76 Å². The van der Waals surface area contributed by atoms with Gasteiger partial charge >= 0.3 is 0 Å². The molecule has 0 aliphatic carbocycles. The minimum atomic E-state index is -0.258. The summed E-state index contributed by atoms with van der Waals surface area (Å²) in [5.41, 5.74) is 1.91. The van der Waals surface area contributed by atoms with Crippen LogP contribution >= 0.6 is 22.6 Å². The van der Waals surface area contributed by atoms with E-state index in [1.807, 2.05) is 55.9 Å². The van der Waals surface area contributed by atoms with Gasteiger partial charge in [-0.05, 0) is 79.8 Å². The van der Waals surface area contributed by atoms with Gasteiger partial charge in [0.25, 0.3) is 5.91 Å². The van der Waals surface area contributed by atoms with Crippen molar-refractivity contribution < 1.29 is 13.9 Å². The smallest absolute Gasteiger partial charge is 0.287 e. The highest BCUT2D eigenvalue weighted by molar-refractivity contribution is 14.1. The van der Waals surface area contributed by atoms with Crippen molar-refractivity contribution in [2.75, 3.05) is 0 Å². The number of ether oxygens (including phenoxy) is 1. The predicted molar refractivity (Wildman–Crippen MR) is 111 cm³/mol. The number of benzene rings is 1. The summed E-state index contributed by atoms with van der Waals surface area (Å²) in [4.78, 5) is 12.5. The molecular formula is C20H22IN3O3. The van der Waals surface area contributed by atoms with Crippen LogP contribution in [0.4, 0.5) is 0 Å². The van der Waals surface area contributed by atoms with Gasteiger partial charge < -0.3 is 14.5 Å². The fourth-order valence-electron chi connectivity index (χ4n) is 2.73. The number of hydrogen-bond acceptors (Lipinski definition) is 4. The Kier molecular flexibility index (Phi) is 6.20. The van der Waals surface area contributed by atoms with Crippen LogP contribution in [-0.4, -0.2) is 15.7 Å². The molecule has 27 heavy (non-hydrogen) atoms. The SMILES string of the molecule is CCn1cc(C(C)NC(=O)c2ccc(COc3ccc(I)cc3)o2)c(C)n1. The standard InChI is InChI=1S/C20H22IN3O3/c1-4-24-11-18(14(3)23-24)13(2)22-20(25)19-10-9-17(27-19)12-26-16-7-5-15(21)6-8-16/h5-11,13H,4,12H2,1-3H3,(H,22,25). The van der Waals surface area contributed by atoms with Gasteiger partial charge in [0.1, 0.15) is 18.1 Å². The average Bonchev–Trinajstić information content (AvgIpc) is 3.27. The molecule has 0 aliphatic rings. The molecule has 1 amide bonds. The molecule has 0 saturated heterocycles. The first-order chi connectivity index (χ1) is 13.0. The van der Waals surface area contributed by atoms with Crippen LogP contribution in [0.3, 0.4) is 0 Å². The minimum Gasteiger partial charge on any atom is -0.486 e. The van der Waals surface area contributed by atoms with Crippen molar-refractivity contribution in [2.45, 2.75) is 40.0 Å². The maximum Gasteiger partial charge on any atom is 0.287 e. The lowest BCUT2D eigenvalue weighted by Gasteiger charge is -2.12. The molecule has 142 valence electrons. The zero-order chi connectivity index (χ0) is 19.4. The molecule has 2 heterocycles. The van der Waals surface area contributed by atoms with Crippen LogP contribution in [0.1, 0.15) is 47.5 Å². The van der Waals surface area contributed by atoms with Crippen LogP contribution in [0.15, 0.2) is 47.0 Å². The van der Waals surface area contributed by atoms with Crippen LogP contribution in [0, 0.1) is 10.5 Å². The zero-order valence-electron chi connectivity index (χ0n) is 15.5. The zero-order valence-corrected chi connectivity index (χ0v) is 17.7. The number of furan rings is 1. The molecule has 0 fully saturated rings. The topological polar surface area (TPSA) is 69.3 Å². The maximum absolute atomic E-state index is 12.5. The van der Waals surface area contributed by atoms with Crippen molar-refractivity contribution in [3.05, 3.63) is 68.9 Å². The van der Waals surface area contributed by atoms with Crippen LogP contribution in [0.5, 0.6) is 5.75 Å². The Morgan fingerprint density at radius 2 is 2.04 bits per heavy atom. The summed E-state index contributed by atoms with van der Waals surface area (Å²) in [7, 11) is 0. The number of carbonyl (C=O) groups is 1. The van der Waals surface area contributed by atoms with Crippen molar-refractivity contribution in [2.24, 2.45) is 0 Å². The molecule has 7 heteroatoms. The number of halogens is 1. The molecule has 0 radical (unpaired) electrons. The molecule has 0 bridgehead atoms. The van der Waals surface area contributed by atoms with E-state index < -0.39 is 0 Å². The van der Waals surface area contributed by atoms with Crippen molar-refractivity contribution in [1.29, 1.82) is 0 Å². The van der Waals surface area contributed by atoms with E-state index in [9.17, 15) is 4.79 Å². The Bertz CT molecular complexity index is 915. The van der Waals surface area contributed by atoms with Crippen LogP contribution in [0.2, 0.25) is 0 Å². The fraction of sp³-hybridized carbons (Fsp3) is 0.300. The lowest BCUT2D eigenvalue weighted by atomic mass is 10.1. The number of nitrogens with one attached hydrogen (secondary N) is 1. The average molecular weight is 479 g/mol. The van der Waals surface area contributed by atoms with E-state index in [4.69, 9.17) is 9.15 Å². The third kappa shape index (κ3) is 4.91. The summed E-state index contributed by atoms with van der Waals surface area (Å²) < 4.78 is 14.3. The maximum atomic E-state index is 12.5. The number of amides is 1. The number of aryl methyl sites for hydroxylation is 2. The summed E-state index contributed by atoms with van der Waals surface area (Å²) in [6, 6.07) is 11.0. The van der Waals surface area contributed by atoms with E-state index in [1.165, 1.54) is 0 Å². The largest absolute Gasteiger partial charge is 0.486 e. The highest BCUT2D eigenvalue weighted by Gasteiger charge is 2.18. The van der Waals surface area contributed by atoms with Gasteiger partial charge in [-0.3, -0.25) is 9.48 Å². The van der Waals surface area contributed by atoms with Crippen LogP contribution in [-0.2, 0) is 13.2 Å². The highest BCUT2D eigenvalue weighted by Crippen LogP contribution is 2.19. The van der Waals surface area contributed by atoms with Gasteiger partial charge in [0.15, 0.2) is 5.76 Å². The quantitative estimate of drug-likeness (QED) is 0.508. The first kappa shape index (κ1) is 19.5. The summed E-state index contributed by atoms with van der Waals surface area (Å²) >= 11 is 2.24. The van der Waals surface area contributed by atoms with Crippen molar-refractivity contribution >= 4 is 28.5 Å². The Balaban J connectivity index is 1.59. The second kappa shape index (κ2) is 8.60. The normalized spacial score (nSPS) is 12.0. The summed E-state index contributed by atoms with van der Waals surface area (Å²) in [6.45, 7) is 6.97. The predicted octanol–water partition coefficient (Wildman–Crippen LogP) is 4.48. The number of aromatic nitrogens is 2. The summed E-state index contributed by atoms with van der Waals surface area (Å²) in [5, 5.41) is 7.37. The molecule has 1 atom stereocenters. The second-order valence-electron chi connectivity index (χ2n) is 6.23. The molecule has 3 rings (SSSR count). The molecule has 2 aromatic heterocycles. The Morgan fingerprint density at radius 3 is 2.70 bits per heavy atom. The van der Waals surface area contributed by atoms with Gasteiger partial charge in [-0.15, -0.1) is 0 Å². The van der Waals surface area contributed by atoms with Gasteiger partial charge in [0, 0.05) is 21.9 Å². The molecule has 1 N–H and O–H groups in total. The molecule has 3 aromatic rings. The minimum absolute atomic E-state index is 0.158. The van der Waals surface area contributed by atoms with Crippen molar-refractivity contribution in [3.63, 3.8) is 0 Å². The lowest BCUT2D eigenvalue weighted by molar-refractivity contribution is 0.0907. The molecule has 1 unspecified atom stereocenters. The Labute approximate surface area is 172 Å². The Hall–Kier alpha value is -2.29. The lowest BCUT2D eigenvalue weighted by Crippen LogP contribution is -2.26. The van der Waals surface area contributed by atoms with Gasteiger partial charge in [0.2, 0.25) is 0 Å². The summed E-state index contributed by atoms with van der Waals surface area (Å²) in [5.74, 6) is 1.37. The number of nitrogens with zero attached hydrogens (tertiary/aromatic N) is 2. The van der Waals surface area contributed by atoms with E-state index >= 15 is 0 Å². The number of rotatable bonds is 7. The van der Waals surface area contributed by atoms with Gasteiger partial charge in [-0.2, -0.15) is 5.10 Å². The van der Waals surface area contributed by atoms with Gasteiger partial charge in [-0.25, -0.2) is 0 Å². The molecular weight excluding hydrogens is 457 g/mol. The third-order valence-corrected chi connectivity index (χ3v) is 4.92. The van der Waals surface area contributed by atoms with E-state index in [2.05, 4.69) is 33.0 Å². The first-order valence-corrected chi connectivity index (χ1v) is 9.86. The van der Waals surface area contributed by atoms with Gasteiger partial charge in [-0.1, -0.05) is 0 Å². The van der Waals surface area contributed by atoms with E-state index in [1.54, 1.807) is 12.1 Å². The van der Waals surface area contributed by atoms with Crippen LogP contribution < -0.4 is 10.1 Å². The first-order valence-electron chi connectivity index (χ1n) is 8.78. The fourth-order valence-corrected chi connectivity index (χ4v) is 3.09. The molecule has 0 saturated carbocycles. The highest BCUT2D eigenvalue weighted by atomic mass is 127. The molecule has 0 spiro atoms. The number of hydrogen-bond donors (Lipinski definition) is 1. The Morgan fingerprint density at radius 1 is 1.30 bits per heavy atom. The third-order valence-electron chi connectivity index (χ3n) is 4.20. The van der Waals surface area contributed by atoms with Crippen molar-refractivity contribution in [1.82, 2.24) is 15.1 Å². The second-order valence-corrected chi connectivity index (χ2v) is 7.47. The van der Waals surface area contributed by atoms with Gasteiger partial charge in [0.05, 0.1) is 11.7 Å². The van der Waals surface area contributed by atoms with E-state index in [0.717, 1.165) is 27.1 Å². The van der Waals surface area contributed by atoms with Crippen molar-refractivity contribution in [3.8, 4) is 5.75 Å². The van der Waals surface area contributed by atoms with E-state index in [-0.39, 0.29) is 24.3 Å². The monoisotopic (exact) mass is 479 g/mol. The number of carbonyl (C=O) groups excluding carboxylic acids is 1. The molecule has 0 aliphatic heterocycles. The summed E-state index contributed by atoms with van der Waals surface area (Å²) in [6.07, 6.45) is 1.96.